The molecule has 0 aliphatic heterocycles. The number of benzene rings is 1. The number of carbonyl (C=O) groups is 1. The van der Waals surface area contributed by atoms with Crippen LogP contribution in [0.3, 0.4) is 0 Å². The van der Waals surface area contributed by atoms with Gasteiger partial charge in [0.15, 0.2) is 0 Å². The molecular formula is C17H20N2O3S2. The lowest BCUT2D eigenvalue weighted by Gasteiger charge is -2.25. The maximum Gasteiger partial charge on any atom is 0.243 e. The Morgan fingerprint density at radius 3 is 2.50 bits per heavy atom. The number of carbonyl (C=O) groups excluding carboxylic acids is 1. The zero-order valence-corrected chi connectivity index (χ0v) is 15.1. The van der Waals surface area contributed by atoms with Gasteiger partial charge in [-0.05, 0) is 47.4 Å². The molecule has 1 aromatic carbocycles. The molecule has 1 amide bonds. The maximum absolute atomic E-state index is 12.7. The Labute approximate surface area is 146 Å². The number of hydrogen-bond acceptors (Lipinski definition) is 4. The van der Waals surface area contributed by atoms with Crippen LogP contribution in [-0.4, -0.2) is 43.2 Å². The van der Waals surface area contributed by atoms with Crippen molar-refractivity contribution in [3.8, 4) is 0 Å². The van der Waals surface area contributed by atoms with Crippen molar-refractivity contribution in [1.29, 1.82) is 0 Å². The van der Waals surface area contributed by atoms with Crippen molar-refractivity contribution < 1.29 is 13.2 Å². The molecule has 5 nitrogen and oxygen atoms in total. The molecule has 0 radical (unpaired) electrons. The molecule has 0 saturated heterocycles. The van der Waals surface area contributed by atoms with E-state index in [2.05, 4.69) is 0 Å². The zero-order valence-electron chi connectivity index (χ0n) is 13.5. The van der Waals surface area contributed by atoms with E-state index in [4.69, 9.17) is 0 Å². The SMILES string of the molecule is CN(CC(=O)N(Cc1ccsc1)C1CC1)S(=O)(=O)c1ccccc1. The molecule has 128 valence electrons. The summed E-state index contributed by atoms with van der Waals surface area (Å²) in [5, 5.41) is 4.00. The van der Waals surface area contributed by atoms with E-state index in [0.717, 1.165) is 22.7 Å². The Balaban J connectivity index is 1.70. The lowest BCUT2D eigenvalue weighted by molar-refractivity contribution is -0.132. The lowest BCUT2D eigenvalue weighted by Crippen LogP contribution is -2.41. The normalized spacial score (nSPS) is 14.8. The third-order valence-corrected chi connectivity index (χ3v) is 6.60. The highest BCUT2D eigenvalue weighted by Gasteiger charge is 2.34. The van der Waals surface area contributed by atoms with Crippen molar-refractivity contribution in [2.45, 2.75) is 30.3 Å². The molecule has 1 aliphatic rings. The van der Waals surface area contributed by atoms with E-state index in [1.54, 1.807) is 46.6 Å². The van der Waals surface area contributed by atoms with E-state index < -0.39 is 10.0 Å². The van der Waals surface area contributed by atoms with Gasteiger partial charge in [-0.2, -0.15) is 15.6 Å². The number of hydrogen-bond donors (Lipinski definition) is 0. The van der Waals surface area contributed by atoms with E-state index in [-0.39, 0.29) is 23.4 Å². The van der Waals surface area contributed by atoms with Crippen LogP contribution in [0, 0.1) is 0 Å². The first-order valence-corrected chi connectivity index (χ1v) is 10.2. The first-order chi connectivity index (χ1) is 11.5. The molecular weight excluding hydrogens is 344 g/mol. The molecule has 7 heteroatoms. The quantitative estimate of drug-likeness (QED) is 0.759. The van der Waals surface area contributed by atoms with Gasteiger partial charge in [0.05, 0.1) is 11.4 Å². The van der Waals surface area contributed by atoms with Crippen molar-refractivity contribution in [3.63, 3.8) is 0 Å². The summed E-state index contributed by atoms with van der Waals surface area (Å²) >= 11 is 1.60. The Morgan fingerprint density at radius 1 is 1.21 bits per heavy atom. The average Bonchev–Trinajstić information content (AvgIpc) is 3.29. The van der Waals surface area contributed by atoms with Crippen LogP contribution >= 0.6 is 11.3 Å². The van der Waals surface area contributed by atoms with Crippen molar-refractivity contribution in [2.24, 2.45) is 0 Å². The van der Waals surface area contributed by atoms with Gasteiger partial charge in [-0.25, -0.2) is 8.42 Å². The van der Waals surface area contributed by atoms with E-state index in [0.29, 0.717) is 6.54 Å². The van der Waals surface area contributed by atoms with Crippen molar-refractivity contribution in [2.75, 3.05) is 13.6 Å². The minimum absolute atomic E-state index is 0.141. The third-order valence-electron chi connectivity index (χ3n) is 4.05. The smallest absolute Gasteiger partial charge is 0.243 e. The van der Waals surface area contributed by atoms with Gasteiger partial charge in [-0.15, -0.1) is 0 Å². The van der Waals surface area contributed by atoms with Crippen LogP contribution < -0.4 is 0 Å². The summed E-state index contributed by atoms with van der Waals surface area (Å²) in [6, 6.07) is 10.4. The molecule has 1 aromatic heterocycles. The fraction of sp³-hybridized carbons (Fsp3) is 0.353. The lowest BCUT2D eigenvalue weighted by atomic mass is 10.3. The molecule has 1 fully saturated rings. The van der Waals surface area contributed by atoms with Gasteiger partial charge in [0.25, 0.3) is 0 Å². The molecule has 0 atom stereocenters. The standard InChI is InChI=1S/C17H20N2O3S2/c1-18(24(21,22)16-5-3-2-4-6-16)12-17(20)19(15-7-8-15)11-14-9-10-23-13-14/h2-6,9-10,13,15H,7-8,11-12H2,1H3. The number of amides is 1. The van der Waals surface area contributed by atoms with Crippen LogP contribution in [0.1, 0.15) is 18.4 Å². The van der Waals surface area contributed by atoms with Gasteiger partial charge in [-0.3, -0.25) is 4.79 Å². The van der Waals surface area contributed by atoms with Crippen LogP contribution in [-0.2, 0) is 21.4 Å². The highest BCUT2D eigenvalue weighted by Crippen LogP contribution is 2.29. The second-order valence-electron chi connectivity index (χ2n) is 5.96. The largest absolute Gasteiger partial charge is 0.334 e. The molecule has 1 aliphatic carbocycles. The van der Waals surface area contributed by atoms with Crippen LogP contribution in [0.4, 0.5) is 0 Å². The summed E-state index contributed by atoms with van der Waals surface area (Å²) in [6.45, 7) is 0.407. The second kappa shape index (κ2) is 7.04. The number of thiophene rings is 1. The molecule has 1 heterocycles. The first kappa shape index (κ1) is 17.1. The number of nitrogens with zero attached hydrogens (tertiary/aromatic N) is 2. The summed E-state index contributed by atoms with van der Waals surface area (Å²) in [6.07, 6.45) is 1.98. The number of rotatable bonds is 7. The monoisotopic (exact) mass is 364 g/mol. The van der Waals surface area contributed by atoms with Crippen LogP contribution in [0.25, 0.3) is 0 Å². The first-order valence-electron chi connectivity index (χ1n) is 7.80. The predicted molar refractivity (Wildman–Crippen MR) is 94.1 cm³/mol. The summed E-state index contributed by atoms with van der Waals surface area (Å²) in [7, 11) is -2.19. The number of likely N-dealkylation sites (N-methyl/N-ethyl adjacent to an activating group) is 1. The Bertz CT molecular complexity index is 785. The average molecular weight is 364 g/mol. The van der Waals surface area contributed by atoms with Gasteiger partial charge in [0, 0.05) is 19.6 Å². The van der Waals surface area contributed by atoms with Crippen LogP contribution in [0.15, 0.2) is 52.1 Å². The minimum Gasteiger partial charge on any atom is -0.334 e. The molecule has 1 saturated carbocycles. The fourth-order valence-electron chi connectivity index (χ4n) is 2.53. The Kier molecular flexibility index (Phi) is 5.03. The van der Waals surface area contributed by atoms with Crippen LogP contribution in [0.2, 0.25) is 0 Å². The summed E-state index contributed by atoms with van der Waals surface area (Å²) in [5.74, 6) is -0.147. The topological polar surface area (TPSA) is 57.7 Å². The third kappa shape index (κ3) is 3.85. The highest BCUT2D eigenvalue weighted by atomic mass is 32.2. The highest BCUT2D eigenvalue weighted by molar-refractivity contribution is 7.89. The molecule has 2 aromatic rings. The molecule has 0 unspecified atom stereocenters. The van der Waals surface area contributed by atoms with Crippen LogP contribution in [0.5, 0.6) is 0 Å². The predicted octanol–water partition coefficient (Wildman–Crippen LogP) is 2.56. The number of sulfonamides is 1. The van der Waals surface area contributed by atoms with Gasteiger partial charge >= 0.3 is 0 Å². The maximum atomic E-state index is 12.7. The van der Waals surface area contributed by atoms with Gasteiger partial charge in [0.2, 0.25) is 15.9 Å². The fourth-order valence-corrected chi connectivity index (χ4v) is 4.33. The molecule has 0 spiro atoms. The summed E-state index contributed by atoms with van der Waals surface area (Å²) in [5.41, 5.74) is 1.09. The van der Waals surface area contributed by atoms with E-state index in [1.807, 2.05) is 16.8 Å². The van der Waals surface area contributed by atoms with Crippen molar-refractivity contribution >= 4 is 27.3 Å². The van der Waals surface area contributed by atoms with Gasteiger partial charge in [0.1, 0.15) is 0 Å². The molecule has 0 bridgehead atoms. The Hall–Kier alpha value is -1.70. The molecule has 3 rings (SSSR count). The second-order valence-corrected chi connectivity index (χ2v) is 8.78. The summed E-state index contributed by atoms with van der Waals surface area (Å²) in [4.78, 5) is 14.7. The van der Waals surface area contributed by atoms with Gasteiger partial charge in [-0.1, -0.05) is 18.2 Å². The Morgan fingerprint density at radius 2 is 1.92 bits per heavy atom. The van der Waals surface area contributed by atoms with E-state index in [9.17, 15) is 13.2 Å². The molecule has 24 heavy (non-hydrogen) atoms. The van der Waals surface area contributed by atoms with Crippen molar-refractivity contribution in [1.82, 2.24) is 9.21 Å². The minimum atomic E-state index is -3.65. The van der Waals surface area contributed by atoms with E-state index >= 15 is 0 Å². The van der Waals surface area contributed by atoms with Gasteiger partial charge < -0.3 is 4.90 Å². The zero-order chi connectivity index (χ0) is 17.2. The van der Waals surface area contributed by atoms with Crippen molar-refractivity contribution in [3.05, 3.63) is 52.7 Å². The summed E-state index contributed by atoms with van der Waals surface area (Å²) < 4.78 is 26.2. The van der Waals surface area contributed by atoms with E-state index in [1.165, 1.54) is 7.05 Å². The molecule has 0 N–H and O–H groups in total.